The summed E-state index contributed by atoms with van der Waals surface area (Å²) in [4.78, 5) is 9.18. The molecule has 0 aliphatic carbocycles. The van der Waals surface area contributed by atoms with E-state index in [9.17, 15) is 0 Å². The second kappa shape index (κ2) is 25.2. The minimum atomic E-state index is 1.07. The Morgan fingerprint density at radius 2 is 0.232 bits per heavy atom. The molecule has 0 saturated heterocycles. The van der Waals surface area contributed by atoms with Crippen LogP contribution in [0.25, 0.3) is 36.5 Å². The fourth-order valence-corrected chi connectivity index (χ4v) is 10.2. The van der Waals surface area contributed by atoms with Gasteiger partial charge < -0.3 is 19.6 Å². The second-order valence-corrected chi connectivity index (χ2v) is 19.9. The van der Waals surface area contributed by atoms with Crippen LogP contribution in [0.1, 0.15) is 33.4 Å². The number of hydrogen-bond donors (Lipinski definition) is 0. The van der Waals surface area contributed by atoms with Gasteiger partial charge in [0, 0.05) is 68.2 Å². The summed E-state index contributed by atoms with van der Waals surface area (Å²) in [6.07, 6.45) is 13.1. The Bertz CT molecular complexity index is 3450. The van der Waals surface area contributed by atoms with Crippen LogP contribution < -0.4 is 19.6 Å². The number of hydrogen-bond acceptors (Lipinski definition) is 4. The predicted molar refractivity (Wildman–Crippen MR) is 351 cm³/mol. The summed E-state index contributed by atoms with van der Waals surface area (Å²) in [7, 11) is 0. The number of nitrogens with zero attached hydrogens (tertiary/aromatic N) is 4. The second-order valence-electron chi connectivity index (χ2n) is 19.9. The molecule has 0 saturated carbocycles. The van der Waals surface area contributed by atoms with Gasteiger partial charge in [-0.2, -0.15) is 0 Å². The first-order valence-corrected chi connectivity index (χ1v) is 27.8. The maximum atomic E-state index is 2.33. The van der Waals surface area contributed by atoms with Crippen LogP contribution in [0.3, 0.4) is 0 Å². The average molecular weight is 1050 g/mol. The van der Waals surface area contributed by atoms with Crippen molar-refractivity contribution >= 4 is 105 Å². The largest absolute Gasteiger partial charge is 0.311 e. The number of anilines is 12. The van der Waals surface area contributed by atoms with Crippen LogP contribution in [0, 0.1) is 0 Å². The average Bonchev–Trinajstić information content (AvgIpc) is 3.75. The Kier molecular flexibility index (Phi) is 15.9. The summed E-state index contributed by atoms with van der Waals surface area (Å²) in [5.74, 6) is 0. The zero-order valence-electron chi connectivity index (χ0n) is 45.4. The monoisotopic (exact) mass is 1050 g/mol. The molecule has 0 amide bonds. The smallest absolute Gasteiger partial charge is 0.0462 e. The maximum Gasteiger partial charge on any atom is 0.0462 e. The van der Waals surface area contributed by atoms with E-state index >= 15 is 0 Å². The van der Waals surface area contributed by atoms with E-state index in [4.69, 9.17) is 0 Å². The Morgan fingerprint density at radius 3 is 0.354 bits per heavy atom. The van der Waals surface area contributed by atoms with Crippen LogP contribution >= 0.6 is 0 Å². The van der Waals surface area contributed by atoms with E-state index in [0.29, 0.717) is 0 Å². The fraction of sp³-hybridized carbons (Fsp3) is 0. The van der Waals surface area contributed by atoms with Crippen molar-refractivity contribution in [3.63, 3.8) is 0 Å². The quantitative estimate of drug-likeness (QED) is 0.0794. The summed E-state index contributed by atoms with van der Waals surface area (Å²) >= 11 is 0. The van der Waals surface area contributed by atoms with Crippen LogP contribution in [0.5, 0.6) is 0 Å². The Labute approximate surface area is 482 Å². The van der Waals surface area contributed by atoms with Gasteiger partial charge in [0.2, 0.25) is 0 Å². The van der Waals surface area contributed by atoms with Crippen molar-refractivity contribution in [1.82, 2.24) is 0 Å². The maximum absolute atomic E-state index is 2.33. The molecule has 4 nitrogen and oxygen atoms in total. The van der Waals surface area contributed by atoms with Gasteiger partial charge >= 0.3 is 0 Å². The van der Waals surface area contributed by atoms with Crippen molar-refractivity contribution in [2.75, 3.05) is 19.6 Å². The van der Waals surface area contributed by atoms with Gasteiger partial charge in [0.05, 0.1) is 0 Å². The van der Waals surface area contributed by atoms with E-state index < -0.39 is 0 Å². The molecule has 0 unspecified atom stereocenters. The van der Waals surface area contributed by atoms with Crippen LogP contribution in [0.2, 0.25) is 0 Å². The van der Waals surface area contributed by atoms with Crippen molar-refractivity contribution in [3.05, 3.63) is 361 Å². The molecular formula is C78H60N4. The normalized spacial score (nSPS) is 11.3. The zero-order chi connectivity index (χ0) is 55.1. The molecule has 0 aromatic heterocycles. The van der Waals surface area contributed by atoms with E-state index in [1.165, 1.54) is 0 Å². The third-order valence-electron chi connectivity index (χ3n) is 14.4. The van der Waals surface area contributed by atoms with Gasteiger partial charge in [0.15, 0.2) is 0 Å². The van der Waals surface area contributed by atoms with Crippen molar-refractivity contribution in [2.45, 2.75) is 0 Å². The molecular weight excluding hydrogens is 993 g/mol. The van der Waals surface area contributed by atoms with Gasteiger partial charge in [-0.05, 0) is 179 Å². The minimum Gasteiger partial charge on any atom is -0.311 e. The molecule has 0 heterocycles. The Morgan fingerprint density at radius 1 is 0.122 bits per heavy atom. The lowest BCUT2D eigenvalue weighted by atomic mass is 10.1. The molecule has 4 heteroatoms. The van der Waals surface area contributed by atoms with E-state index in [-0.39, 0.29) is 0 Å². The molecule has 12 rings (SSSR count). The zero-order valence-corrected chi connectivity index (χ0v) is 45.4. The van der Waals surface area contributed by atoms with Crippen LogP contribution in [-0.4, -0.2) is 0 Å². The Balaban J connectivity index is 0.785. The van der Waals surface area contributed by atoms with Gasteiger partial charge in [-0.25, -0.2) is 0 Å². The lowest BCUT2D eigenvalue weighted by molar-refractivity contribution is 1.28. The van der Waals surface area contributed by atoms with E-state index in [1.54, 1.807) is 0 Å². The van der Waals surface area contributed by atoms with Crippen LogP contribution in [-0.2, 0) is 0 Å². The molecule has 0 spiro atoms. The van der Waals surface area contributed by atoms with E-state index in [2.05, 4.69) is 384 Å². The molecule has 12 aromatic carbocycles. The van der Waals surface area contributed by atoms with Crippen LogP contribution in [0.15, 0.2) is 328 Å². The predicted octanol–water partition coefficient (Wildman–Crippen LogP) is 22.1. The van der Waals surface area contributed by atoms with Gasteiger partial charge in [0.1, 0.15) is 0 Å². The minimum absolute atomic E-state index is 1.07. The highest BCUT2D eigenvalue weighted by molar-refractivity contribution is 5.84. The summed E-state index contributed by atoms with van der Waals surface area (Å²) in [6, 6.07) is 116. The lowest BCUT2D eigenvalue weighted by Gasteiger charge is -2.26. The third-order valence-corrected chi connectivity index (χ3v) is 14.4. The van der Waals surface area contributed by atoms with Gasteiger partial charge in [0.25, 0.3) is 0 Å². The van der Waals surface area contributed by atoms with Gasteiger partial charge in [-0.15, -0.1) is 0 Å². The lowest BCUT2D eigenvalue weighted by Crippen LogP contribution is -2.09. The Hall–Kier alpha value is -10.9. The molecule has 0 aliphatic heterocycles. The van der Waals surface area contributed by atoms with Crippen molar-refractivity contribution in [1.29, 1.82) is 0 Å². The molecule has 0 bridgehead atoms. The molecule has 82 heavy (non-hydrogen) atoms. The molecule has 0 N–H and O–H groups in total. The molecule has 0 aliphatic rings. The van der Waals surface area contributed by atoms with E-state index in [0.717, 1.165) is 102 Å². The van der Waals surface area contributed by atoms with Crippen molar-refractivity contribution in [2.24, 2.45) is 0 Å². The van der Waals surface area contributed by atoms with E-state index in [1.807, 2.05) is 0 Å². The summed E-state index contributed by atoms with van der Waals surface area (Å²) in [6.45, 7) is 0. The van der Waals surface area contributed by atoms with Crippen molar-refractivity contribution < 1.29 is 0 Å². The topological polar surface area (TPSA) is 13.0 Å². The SMILES string of the molecule is C(=Cc1ccc(N(c2ccc(C=Cc3ccc(N(c4ccccc4)c4ccccc4)cc3)cc2)c2ccc(C=Cc3ccc(N(c4ccccc4)c4ccccc4)cc3)cc2)cc1)c1ccc(N(c2ccccc2)c2ccccc2)cc1. The molecule has 0 atom stereocenters. The van der Waals surface area contributed by atoms with Gasteiger partial charge in [-0.1, -0.05) is 218 Å². The highest BCUT2D eigenvalue weighted by atomic mass is 15.2. The standard InChI is InChI=1S/C78H60N4/c1-7-19-67(20-8-1)79(68-21-9-2-10-22-68)73-49-37-61(38-50-73)31-34-64-43-55-76(56-44-64)82(77-57-45-65(46-58-77)35-32-62-39-51-74(52-40-62)80(69-23-11-3-12-24-69)70-25-13-4-14-26-70)78-59-47-66(48-60-78)36-33-63-41-53-75(54-42-63)81(71-27-15-5-16-28-71)72-29-17-6-18-30-72/h1-60H. The number of rotatable bonds is 18. The third kappa shape index (κ3) is 12.5. The number of para-hydroxylation sites is 6. The molecule has 0 fully saturated rings. The molecule has 12 aromatic rings. The van der Waals surface area contributed by atoms with Gasteiger partial charge in [-0.3, -0.25) is 0 Å². The molecule has 392 valence electrons. The first kappa shape index (κ1) is 51.8. The highest BCUT2D eigenvalue weighted by Crippen LogP contribution is 2.39. The first-order chi connectivity index (χ1) is 40.6. The molecule has 0 radical (unpaired) electrons. The summed E-state index contributed by atoms with van der Waals surface area (Å²) in [5.41, 5.74) is 20.0. The first-order valence-electron chi connectivity index (χ1n) is 27.8. The summed E-state index contributed by atoms with van der Waals surface area (Å²) < 4.78 is 0. The number of benzene rings is 12. The summed E-state index contributed by atoms with van der Waals surface area (Å²) in [5, 5.41) is 0. The highest BCUT2D eigenvalue weighted by Gasteiger charge is 2.16. The fourth-order valence-electron chi connectivity index (χ4n) is 10.2. The van der Waals surface area contributed by atoms with Crippen molar-refractivity contribution in [3.8, 4) is 0 Å². The van der Waals surface area contributed by atoms with Crippen LogP contribution in [0.4, 0.5) is 68.2 Å².